The summed E-state index contributed by atoms with van der Waals surface area (Å²) in [7, 11) is 0. The van der Waals surface area contributed by atoms with Crippen molar-refractivity contribution in [3.05, 3.63) is 88.9 Å². The quantitative estimate of drug-likeness (QED) is 0.469. The van der Waals surface area contributed by atoms with Crippen LogP contribution in [-0.2, 0) is 6.54 Å². The SMILES string of the molecule is O=C(Nc1nc([C@@H]2C[C@H]2c2ccc3c(c2)OCO3)cs1)c1cccn1Cc1ccncc1. The zero-order valence-electron chi connectivity index (χ0n) is 17.1. The van der Waals surface area contributed by atoms with E-state index in [2.05, 4.69) is 22.4 Å². The lowest BCUT2D eigenvalue weighted by Gasteiger charge is -2.08. The van der Waals surface area contributed by atoms with Gasteiger partial charge in [-0.2, -0.15) is 0 Å². The molecule has 1 saturated carbocycles. The molecule has 1 N–H and O–H groups in total. The van der Waals surface area contributed by atoms with Crippen molar-refractivity contribution in [3.63, 3.8) is 0 Å². The Labute approximate surface area is 188 Å². The van der Waals surface area contributed by atoms with E-state index in [4.69, 9.17) is 14.5 Å². The van der Waals surface area contributed by atoms with Crippen molar-refractivity contribution in [1.82, 2.24) is 14.5 Å². The summed E-state index contributed by atoms with van der Waals surface area (Å²) in [5.41, 5.74) is 3.96. The number of nitrogens with one attached hydrogen (secondary N) is 1. The molecule has 6 rings (SSSR count). The molecule has 2 aliphatic rings. The third-order valence-corrected chi connectivity index (χ3v) is 6.68. The number of benzene rings is 1. The second-order valence-electron chi connectivity index (χ2n) is 7.97. The molecule has 3 aromatic heterocycles. The van der Waals surface area contributed by atoms with Crippen molar-refractivity contribution in [2.45, 2.75) is 24.8 Å². The Bertz CT molecular complexity index is 1280. The van der Waals surface area contributed by atoms with E-state index < -0.39 is 0 Å². The van der Waals surface area contributed by atoms with Crippen molar-refractivity contribution < 1.29 is 14.3 Å². The van der Waals surface area contributed by atoms with Crippen LogP contribution >= 0.6 is 11.3 Å². The molecule has 7 nitrogen and oxygen atoms in total. The smallest absolute Gasteiger partial charge is 0.274 e. The average molecular weight is 445 g/mol. The van der Waals surface area contributed by atoms with E-state index in [1.54, 1.807) is 12.4 Å². The van der Waals surface area contributed by atoms with Gasteiger partial charge in [0.05, 0.1) is 5.69 Å². The Hall–Kier alpha value is -3.65. The van der Waals surface area contributed by atoms with Crippen LogP contribution in [0.4, 0.5) is 5.13 Å². The molecule has 0 radical (unpaired) electrons. The summed E-state index contributed by atoms with van der Waals surface area (Å²) in [4.78, 5) is 21.6. The van der Waals surface area contributed by atoms with E-state index in [9.17, 15) is 4.79 Å². The van der Waals surface area contributed by atoms with Crippen molar-refractivity contribution in [3.8, 4) is 11.5 Å². The highest BCUT2D eigenvalue weighted by Crippen LogP contribution is 2.56. The van der Waals surface area contributed by atoms with Gasteiger partial charge >= 0.3 is 0 Å². The number of rotatable bonds is 6. The first-order valence-corrected chi connectivity index (χ1v) is 11.3. The largest absolute Gasteiger partial charge is 0.454 e. The minimum Gasteiger partial charge on any atom is -0.454 e. The van der Waals surface area contributed by atoms with Crippen molar-refractivity contribution >= 4 is 22.4 Å². The molecule has 8 heteroatoms. The van der Waals surface area contributed by atoms with Gasteiger partial charge in [-0.1, -0.05) is 6.07 Å². The topological polar surface area (TPSA) is 78.3 Å². The number of thiazole rings is 1. The molecule has 1 amide bonds. The third kappa shape index (κ3) is 3.62. The molecule has 2 atom stereocenters. The van der Waals surface area contributed by atoms with Crippen LogP contribution in [0.25, 0.3) is 0 Å². The molecule has 1 aliphatic carbocycles. The van der Waals surface area contributed by atoms with E-state index in [-0.39, 0.29) is 12.7 Å². The molecule has 1 aliphatic heterocycles. The maximum absolute atomic E-state index is 12.9. The van der Waals surface area contributed by atoms with E-state index in [1.165, 1.54) is 16.9 Å². The molecule has 160 valence electrons. The zero-order chi connectivity index (χ0) is 21.5. The molecular formula is C24H20N4O3S. The van der Waals surface area contributed by atoms with Gasteiger partial charge in [-0.15, -0.1) is 11.3 Å². The predicted octanol–water partition coefficient (Wildman–Crippen LogP) is 4.64. The summed E-state index contributed by atoms with van der Waals surface area (Å²) < 4.78 is 12.8. The fourth-order valence-corrected chi connectivity index (χ4v) is 4.92. The third-order valence-electron chi connectivity index (χ3n) is 5.90. The van der Waals surface area contributed by atoms with Crippen molar-refractivity contribution in [2.24, 2.45) is 0 Å². The first-order valence-electron chi connectivity index (χ1n) is 10.4. The summed E-state index contributed by atoms with van der Waals surface area (Å²) in [6.45, 7) is 0.897. The van der Waals surface area contributed by atoms with Crippen LogP contribution in [0.15, 0.2) is 66.4 Å². The summed E-state index contributed by atoms with van der Waals surface area (Å²) in [6.07, 6.45) is 6.46. The Morgan fingerprint density at radius 1 is 1.12 bits per heavy atom. The number of ether oxygens (including phenoxy) is 2. The minimum atomic E-state index is -0.159. The van der Waals surface area contributed by atoms with Crippen molar-refractivity contribution in [2.75, 3.05) is 12.1 Å². The highest BCUT2D eigenvalue weighted by Gasteiger charge is 2.41. The number of hydrogen-bond donors (Lipinski definition) is 1. The zero-order valence-corrected chi connectivity index (χ0v) is 17.9. The number of hydrogen-bond acceptors (Lipinski definition) is 6. The standard InChI is InChI=1S/C24H20N4O3S/c29-23(20-2-1-9-28(20)12-15-5-7-25-8-6-15)27-24-26-19(13-32-24)18-11-17(18)16-3-4-21-22(10-16)31-14-30-21/h1-10,13,17-18H,11-12,14H2,(H,26,27,29)/t17-,18+/m0/s1. The number of nitrogens with zero attached hydrogens (tertiary/aromatic N) is 3. The van der Waals surface area contributed by atoms with Crippen LogP contribution in [0.5, 0.6) is 11.5 Å². The lowest BCUT2D eigenvalue weighted by Crippen LogP contribution is -2.17. The fourth-order valence-electron chi connectivity index (χ4n) is 4.15. The van der Waals surface area contributed by atoms with Crippen LogP contribution in [0.1, 0.15) is 45.6 Å². The Morgan fingerprint density at radius 3 is 2.91 bits per heavy atom. The predicted molar refractivity (Wildman–Crippen MR) is 121 cm³/mol. The molecule has 32 heavy (non-hydrogen) atoms. The maximum atomic E-state index is 12.9. The average Bonchev–Trinajstić information content (AvgIpc) is 3.16. The summed E-state index contributed by atoms with van der Waals surface area (Å²) in [6, 6.07) is 13.7. The number of aromatic nitrogens is 3. The van der Waals surface area contributed by atoms with Gasteiger partial charge in [0.15, 0.2) is 16.6 Å². The Balaban J connectivity index is 1.12. The number of amides is 1. The number of carbonyl (C=O) groups excluding carboxylic acids is 1. The van der Waals surface area contributed by atoms with Gasteiger partial charge in [-0.05, 0) is 59.9 Å². The summed E-state index contributed by atoms with van der Waals surface area (Å²) in [5.74, 6) is 2.25. The second kappa shape index (κ2) is 7.80. The molecule has 1 fully saturated rings. The fraction of sp³-hybridized carbons (Fsp3) is 0.208. The minimum absolute atomic E-state index is 0.159. The number of carbonyl (C=O) groups is 1. The van der Waals surface area contributed by atoms with Gasteiger partial charge in [-0.25, -0.2) is 4.98 Å². The van der Waals surface area contributed by atoms with Gasteiger partial charge in [0, 0.05) is 36.4 Å². The summed E-state index contributed by atoms with van der Waals surface area (Å²) in [5, 5.41) is 5.63. The number of pyridine rings is 1. The molecule has 4 heterocycles. The summed E-state index contributed by atoms with van der Waals surface area (Å²) >= 11 is 1.47. The molecular weight excluding hydrogens is 424 g/mol. The van der Waals surface area contributed by atoms with E-state index in [0.29, 0.717) is 29.2 Å². The first kappa shape index (κ1) is 19.1. The molecule has 0 unspecified atom stereocenters. The molecule has 0 spiro atoms. The second-order valence-corrected chi connectivity index (χ2v) is 8.83. The molecule has 0 bridgehead atoms. The van der Waals surface area contributed by atoms with Crippen LogP contribution in [0, 0.1) is 0 Å². The normalized spacial score (nSPS) is 18.5. The monoisotopic (exact) mass is 444 g/mol. The lowest BCUT2D eigenvalue weighted by atomic mass is 10.1. The van der Waals surface area contributed by atoms with Gasteiger partial charge in [0.1, 0.15) is 5.69 Å². The first-order chi connectivity index (χ1) is 15.7. The van der Waals surface area contributed by atoms with Crippen LogP contribution in [-0.4, -0.2) is 27.2 Å². The molecule has 1 aromatic carbocycles. The van der Waals surface area contributed by atoms with Gasteiger partial charge in [-0.3, -0.25) is 15.1 Å². The van der Waals surface area contributed by atoms with Gasteiger partial charge in [0.2, 0.25) is 6.79 Å². The van der Waals surface area contributed by atoms with Crippen LogP contribution in [0.3, 0.4) is 0 Å². The lowest BCUT2D eigenvalue weighted by molar-refractivity contribution is 0.101. The van der Waals surface area contributed by atoms with Gasteiger partial charge in [0.25, 0.3) is 5.91 Å². The van der Waals surface area contributed by atoms with E-state index in [0.717, 1.165) is 29.2 Å². The van der Waals surface area contributed by atoms with E-state index in [1.807, 2.05) is 46.5 Å². The van der Waals surface area contributed by atoms with Crippen LogP contribution < -0.4 is 14.8 Å². The van der Waals surface area contributed by atoms with Crippen LogP contribution in [0.2, 0.25) is 0 Å². The number of anilines is 1. The van der Waals surface area contributed by atoms with Gasteiger partial charge < -0.3 is 14.0 Å². The van der Waals surface area contributed by atoms with Crippen molar-refractivity contribution in [1.29, 1.82) is 0 Å². The maximum Gasteiger partial charge on any atom is 0.274 e. The molecule has 4 aromatic rings. The Kier molecular flexibility index (Phi) is 4.65. The molecule has 0 saturated heterocycles. The highest BCUT2D eigenvalue weighted by atomic mass is 32.1. The number of fused-ring (bicyclic) bond motifs is 1. The highest BCUT2D eigenvalue weighted by molar-refractivity contribution is 7.14. The van der Waals surface area contributed by atoms with E-state index >= 15 is 0 Å². The Morgan fingerprint density at radius 2 is 2.00 bits per heavy atom.